The summed E-state index contributed by atoms with van der Waals surface area (Å²) in [6.45, 7) is 3.95. The highest BCUT2D eigenvalue weighted by Gasteiger charge is 2.35. The third-order valence-corrected chi connectivity index (χ3v) is 6.05. The van der Waals surface area contributed by atoms with Crippen molar-refractivity contribution >= 4 is 10.0 Å². The minimum Gasteiger partial charge on any atom is -0.384 e. The Kier molecular flexibility index (Phi) is 4.52. The zero-order valence-electron chi connectivity index (χ0n) is 13.3. The zero-order chi connectivity index (χ0) is 16.4. The topological polar surface area (TPSA) is 64.4 Å². The summed E-state index contributed by atoms with van der Waals surface area (Å²) in [7, 11) is -1.89. The van der Waals surface area contributed by atoms with Crippen molar-refractivity contribution in [3.05, 3.63) is 47.8 Å². The number of sulfonamides is 1. The van der Waals surface area contributed by atoms with Gasteiger partial charge in [0.2, 0.25) is 10.0 Å². The minimum absolute atomic E-state index is 0.00235. The van der Waals surface area contributed by atoms with Gasteiger partial charge in [-0.1, -0.05) is 18.2 Å². The van der Waals surface area contributed by atoms with E-state index >= 15 is 0 Å². The second-order valence-corrected chi connectivity index (χ2v) is 7.56. The van der Waals surface area contributed by atoms with Crippen LogP contribution in [0.1, 0.15) is 24.1 Å². The number of aromatic nitrogens is 2. The number of fused-ring (bicyclic) bond motifs is 1. The second kappa shape index (κ2) is 6.43. The van der Waals surface area contributed by atoms with E-state index in [1.807, 2.05) is 23.9 Å². The molecule has 6 nitrogen and oxygen atoms in total. The molecule has 1 atom stereocenters. The van der Waals surface area contributed by atoms with Crippen LogP contribution < -0.4 is 0 Å². The fraction of sp³-hybridized carbons (Fsp3) is 0.438. The highest BCUT2D eigenvalue weighted by molar-refractivity contribution is 7.89. The molecule has 0 saturated carbocycles. The fourth-order valence-corrected chi connectivity index (χ4v) is 4.52. The maximum Gasteiger partial charge on any atom is 0.243 e. The lowest BCUT2D eigenvalue weighted by atomic mass is 9.97. The van der Waals surface area contributed by atoms with Crippen LogP contribution in [0.15, 0.2) is 41.4 Å². The van der Waals surface area contributed by atoms with Gasteiger partial charge in [0.1, 0.15) is 0 Å². The van der Waals surface area contributed by atoms with Crippen LogP contribution in [0.5, 0.6) is 0 Å². The first kappa shape index (κ1) is 16.2. The molecule has 0 unspecified atom stereocenters. The molecule has 1 aromatic heterocycles. The van der Waals surface area contributed by atoms with E-state index in [2.05, 4.69) is 5.10 Å². The Morgan fingerprint density at radius 1 is 1.30 bits per heavy atom. The lowest BCUT2D eigenvalue weighted by Crippen LogP contribution is -2.40. The van der Waals surface area contributed by atoms with E-state index in [0.717, 1.165) is 11.3 Å². The lowest BCUT2D eigenvalue weighted by Gasteiger charge is -2.32. The lowest BCUT2D eigenvalue weighted by molar-refractivity contribution is 0.162. The summed E-state index contributed by atoms with van der Waals surface area (Å²) in [6.07, 6.45) is 1.84. The third kappa shape index (κ3) is 2.91. The number of benzene rings is 1. The quantitative estimate of drug-likeness (QED) is 0.836. The van der Waals surface area contributed by atoms with Gasteiger partial charge in [-0.2, -0.15) is 9.40 Å². The van der Waals surface area contributed by atoms with Crippen molar-refractivity contribution in [3.63, 3.8) is 0 Å². The van der Waals surface area contributed by atoms with Gasteiger partial charge in [-0.05, 0) is 19.1 Å². The van der Waals surface area contributed by atoms with Crippen LogP contribution in [0, 0.1) is 0 Å². The molecule has 0 radical (unpaired) electrons. The SMILES string of the molecule is CCn1ncc2c1CN(S(=O)(=O)c1ccccc1)C[C@H]2COC. The van der Waals surface area contributed by atoms with Gasteiger partial charge in [-0.25, -0.2) is 8.42 Å². The molecule has 0 bridgehead atoms. The largest absolute Gasteiger partial charge is 0.384 e. The Morgan fingerprint density at radius 3 is 2.70 bits per heavy atom. The zero-order valence-corrected chi connectivity index (χ0v) is 14.2. The molecule has 2 aromatic rings. The summed E-state index contributed by atoms with van der Waals surface area (Å²) in [6, 6.07) is 8.56. The van der Waals surface area contributed by atoms with Gasteiger partial charge in [0, 0.05) is 31.7 Å². The monoisotopic (exact) mass is 335 g/mol. The summed E-state index contributed by atoms with van der Waals surface area (Å²) >= 11 is 0. The van der Waals surface area contributed by atoms with Crippen molar-refractivity contribution in [1.29, 1.82) is 0 Å². The Labute approximate surface area is 136 Å². The average Bonchev–Trinajstić information content (AvgIpc) is 2.99. The number of ether oxygens (including phenoxy) is 1. The number of rotatable bonds is 5. The maximum absolute atomic E-state index is 12.9. The third-order valence-electron chi connectivity index (χ3n) is 4.22. The molecule has 0 aliphatic carbocycles. The van der Waals surface area contributed by atoms with Crippen LogP contribution in [0.3, 0.4) is 0 Å². The Bertz CT molecular complexity index is 771. The van der Waals surface area contributed by atoms with Crippen molar-refractivity contribution in [1.82, 2.24) is 14.1 Å². The number of nitrogens with zero attached hydrogens (tertiary/aromatic N) is 3. The Morgan fingerprint density at radius 2 is 2.04 bits per heavy atom. The first-order chi connectivity index (χ1) is 11.1. The first-order valence-corrected chi connectivity index (χ1v) is 9.10. The molecule has 2 heterocycles. The summed E-state index contributed by atoms with van der Waals surface area (Å²) in [5.74, 6) is 0.00235. The Hall–Kier alpha value is -1.70. The van der Waals surface area contributed by atoms with Crippen LogP contribution in [0.4, 0.5) is 0 Å². The van der Waals surface area contributed by atoms with Gasteiger partial charge in [0.15, 0.2) is 0 Å². The molecular formula is C16H21N3O3S. The fourth-order valence-electron chi connectivity index (χ4n) is 3.06. The van der Waals surface area contributed by atoms with E-state index in [-0.39, 0.29) is 5.92 Å². The van der Waals surface area contributed by atoms with E-state index in [1.165, 1.54) is 4.31 Å². The molecule has 0 N–H and O–H groups in total. The summed E-state index contributed by atoms with van der Waals surface area (Å²) < 4.78 is 34.5. The molecule has 23 heavy (non-hydrogen) atoms. The predicted octanol–water partition coefficient (Wildman–Crippen LogP) is 1.84. The van der Waals surface area contributed by atoms with E-state index in [1.54, 1.807) is 31.4 Å². The molecule has 1 aliphatic heterocycles. The van der Waals surface area contributed by atoms with E-state index in [4.69, 9.17) is 4.74 Å². The van der Waals surface area contributed by atoms with E-state index < -0.39 is 10.0 Å². The normalized spacial score (nSPS) is 18.8. The van der Waals surface area contributed by atoms with Crippen LogP contribution in [-0.2, 0) is 27.8 Å². The molecule has 0 amide bonds. The molecule has 1 aliphatic rings. The first-order valence-electron chi connectivity index (χ1n) is 7.66. The van der Waals surface area contributed by atoms with Gasteiger partial charge in [-0.15, -0.1) is 0 Å². The molecule has 3 rings (SSSR count). The standard InChI is InChI=1S/C16H21N3O3S/c1-3-19-16-11-18(10-13(12-22-2)15(16)9-17-19)23(20,21)14-7-5-4-6-8-14/h4-9,13H,3,10-12H2,1-2H3/t13-/m0/s1. The summed E-state index contributed by atoms with van der Waals surface area (Å²) in [5, 5.41) is 4.38. The smallest absolute Gasteiger partial charge is 0.243 e. The maximum atomic E-state index is 12.9. The van der Waals surface area contributed by atoms with Gasteiger partial charge >= 0.3 is 0 Å². The number of hydrogen-bond donors (Lipinski definition) is 0. The molecule has 0 fully saturated rings. The molecular weight excluding hydrogens is 314 g/mol. The van der Waals surface area contributed by atoms with Crippen LogP contribution in [0.2, 0.25) is 0 Å². The van der Waals surface area contributed by atoms with Crippen molar-refractivity contribution in [2.45, 2.75) is 30.8 Å². The Balaban J connectivity index is 1.99. The van der Waals surface area contributed by atoms with Crippen LogP contribution in [-0.4, -0.2) is 42.8 Å². The van der Waals surface area contributed by atoms with Crippen molar-refractivity contribution in [2.75, 3.05) is 20.3 Å². The van der Waals surface area contributed by atoms with Gasteiger partial charge in [0.05, 0.1) is 29.9 Å². The van der Waals surface area contributed by atoms with Crippen LogP contribution in [0.25, 0.3) is 0 Å². The van der Waals surface area contributed by atoms with Crippen molar-refractivity contribution in [3.8, 4) is 0 Å². The highest BCUT2D eigenvalue weighted by Crippen LogP contribution is 2.32. The van der Waals surface area contributed by atoms with Gasteiger partial charge in [-0.3, -0.25) is 4.68 Å². The second-order valence-electron chi connectivity index (χ2n) is 5.63. The molecule has 0 saturated heterocycles. The van der Waals surface area contributed by atoms with E-state index in [0.29, 0.717) is 31.1 Å². The number of methoxy groups -OCH3 is 1. The molecule has 7 heteroatoms. The molecule has 0 spiro atoms. The van der Waals surface area contributed by atoms with E-state index in [9.17, 15) is 8.42 Å². The minimum atomic E-state index is -3.52. The predicted molar refractivity (Wildman–Crippen MR) is 86.6 cm³/mol. The molecule has 124 valence electrons. The number of hydrogen-bond acceptors (Lipinski definition) is 4. The molecule has 1 aromatic carbocycles. The van der Waals surface area contributed by atoms with Crippen molar-refractivity contribution < 1.29 is 13.2 Å². The summed E-state index contributed by atoms with van der Waals surface area (Å²) in [4.78, 5) is 0.321. The van der Waals surface area contributed by atoms with Crippen LogP contribution >= 0.6 is 0 Å². The van der Waals surface area contributed by atoms with Gasteiger partial charge in [0.25, 0.3) is 0 Å². The summed E-state index contributed by atoms with van der Waals surface area (Å²) in [5.41, 5.74) is 2.05. The van der Waals surface area contributed by atoms with Gasteiger partial charge < -0.3 is 4.74 Å². The average molecular weight is 335 g/mol. The highest BCUT2D eigenvalue weighted by atomic mass is 32.2. The number of aryl methyl sites for hydroxylation is 1. The van der Waals surface area contributed by atoms with Crippen molar-refractivity contribution in [2.24, 2.45) is 0 Å².